The molecule has 0 atom stereocenters. The molecule has 0 aliphatic carbocycles. The molecule has 0 N–H and O–H groups in total. The van der Waals surface area contributed by atoms with Crippen molar-refractivity contribution in [3.8, 4) is 0 Å². The van der Waals surface area contributed by atoms with Crippen LogP contribution in [-0.2, 0) is 6.42 Å². The quantitative estimate of drug-likeness (QED) is 0.469. The molecule has 0 aliphatic heterocycles. The maximum Gasteiger partial charge on any atom is 0.00885 e. The van der Waals surface area contributed by atoms with Crippen LogP contribution in [0.2, 0.25) is 0 Å². The Morgan fingerprint density at radius 1 is 1.17 bits per heavy atom. The minimum atomic E-state index is 0.743. The van der Waals surface area contributed by atoms with Crippen LogP contribution < -0.4 is 0 Å². The highest BCUT2D eigenvalue weighted by molar-refractivity contribution is 7.11. The van der Waals surface area contributed by atoms with Gasteiger partial charge in [-0.25, -0.2) is 0 Å². The first-order chi connectivity index (χ1) is 8.67. The third-order valence-electron chi connectivity index (χ3n) is 3.59. The summed E-state index contributed by atoms with van der Waals surface area (Å²) in [5.41, 5.74) is 1.46. The van der Waals surface area contributed by atoms with E-state index in [9.17, 15) is 0 Å². The van der Waals surface area contributed by atoms with Gasteiger partial charge in [0.25, 0.3) is 0 Å². The van der Waals surface area contributed by atoms with E-state index in [1.807, 2.05) is 11.3 Å². The lowest BCUT2D eigenvalue weighted by molar-refractivity contribution is 0.470. The Kier molecular flexibility index (Phi) is 7.34. The van der Waals surface area contributed by atoms with E-state index >= 15 is 0 Å². The number of allylic oxidation sites excluding steroid dienone is 1. The zero-order chi connectivity index (χ0) is 13.4. The van der Waals surface area contributed by atoms with Gasteiger partial charge in [0.15, 0.2) is 0 Å². The Morgan fingerprint density at radius 2 is 1.78 bits per heavy atom. The van der Waals surface area contributed by atoms with Gasteiger partial charge in [-0.1, -0.05) is 51.7 Å². The predicted molar refractivity (Wildman–Crippen MR) is 84.4 cm³/mol. The molecule has 1 aromatic rings. The molecule has 1 heteroatoms. The van der Waals surface area contributed by atoms with Crippen molar-refractivity contribution in [2.24, 2.45) is 5.92 Å². The summed E-state index contributed by atoms with van der Waals surface area (Å²) in [4.78, 5) is 2.90. The Bertz CT molecular complexity index is 340. The molecule has 0 saturated carbocycles. The molecule has 0 aromatic carbocycles. The van der Waals surface area contributed by atoms with E-state index in [0.717, 1.165) is 12.3 Å². The SMILES string of the molecule is C=C(Cc1ccc(C)s1)C(CCCC)CCCC. The van der Waals surface area contributed by atoms with Gasteiger partial charge in [0.2, 0.25) is 0 Å². The fourth-order valence-corrected chi connectivity index (χ4v) is 3.35. The van der Waals surface area contributed by atoms with Gasteiger partial charge in [0.1, 0.15) is 0 Å². The molecule has 1 heterocycles. The van der Waals surface area contributed by atoms with Crippen molar-refractivity contribution in [1.82, 2.24) is 0 Å². The molecule has 1 rings (SSSR count). The van der Waals surface area contributed by atoms with Crippen molar-refractivity contribution < 1.29 is 0 Å². The average molecular weight is 264 g/mol. The van der Waals surface area contributed by atoms with Crippen molar-refractivity contribution >= 4 is 11.3 Å². The van der Waals surface area contributed by atoms with Crippen LogP contribution in [0.1, 0.15) is 62.1 Å². The molecule has 0 saturated heterocycles. The molecule has 0 unspecified atom stereocenters. The first-order valence-electron chi connectivity index (χ1n) is 7.40. The molecule has 0 aliphatic rings. The molecule has 0 radical (unpaired) electrons. The van der Waals surface area contributed by atoms with Crippen LogP contribution in [0, 0.1) is 12.8 Å². The van der Waals surface area contributed by atoms with Crippen LogP contribution in [0.4, 0.5) is 0 Å². The van der Waals surface area contributed by atoms with Gasteiger partial charge in [-0.15, -0.1) is 11.3 Å². The molecule has 0 bridgehead atoms. The van der Waals surface area contributed by atoms with Crippen molar-refractivity contribution in [1.29, 1.82) is 0 Å². The number of aryl methyl sites for hydroxylation is 1. The van der Waals surface area contributed by atoms with Gasteiger partial charge in [0.05, 0.1) is 0 Å². The first kappa shape index (κ1) is 15.5. The molecular weight excluding hydrogens is 236 g/mol. The second-order valence-corrected chi connectivity index (χ2v) is 6.70. The molecule has 1 aromatic heterocycles. The third-order valence-corrected chi connectivity index (χ3v) is 4.59. The van der Waals surface area contributed by atoms with Crippen LogP contribution in [0.5, 0.6) is 0 Å². The van der Waals surface area contributed by atoms with Gasteiger partial charge in [-0.05, 0) is 37.8 Å². The Hall–Kier alpha value is -0.560. The van der Waals surface area contributed by atoms with Gasteiger partial charge < -0.3 is 0 Å². The van der Waals surface area contributed by atoms with Crippen LogP contribution in [-0.4, -0.2) is 0 Å². The summed E-state index contributed by atoms with van der Waals surface area (Å²) in [5.74, 6) is 0.743. The van der Waals surface area contributed by atoms with E-state index < -0.39 is 0 Å². The fourth-order valence-electron chi connectivity index (χ4n) is 2.40. The second-order valence-electron chi connectivity index (χ2n) is 5.33. The zero-order valence-corrected chi connectivity index (χ0v) is 13.1. The van der Waals surface area contributed by atoms with E-state index in [2.05, 4.69) is 39.5 Å². The highest BCUT2D eigenvalue weighted by Crippen LogP contribution is 2.28. The lowest BCUT2D eigenvalue weighted by Gasteiger charge is -2.19. The first-order valence-corrected chi connectivity index (χ1v) is 8.22. The second kappa shape index (κ2) is 8.53. The molecule has 0 spiro atoms. The summed E-state index contributed by atoms with van der Waals surface area (Å²) in [7, 11) is 0. The lowest BCUT2D eigenvalue weighted by Crippen LogP contribution is -2.06. The summed E-state index contributed by atoms with van der Waals surface area (Å²) in [6, 6.07) is 4.49. The van der Waals surface area contributed by atoms with Crippen LogP contribution in [0.3, 0.4) is 0 Å². The Morgan fingerprint density at radius 3 is 2.22 bits per heavy atom. The molecule has 0 fully saturated rings. The van der Waals surface area contributed by atoms with Crippen LogP contribution >= 0.6 is 11.3 Å². The van der Waals surface area contributed by atoms with E-state index in [1.165, 1.54) is 53.9 Å². The molecule has 18 heavy (non-hydrogen) atoms. The van der Waals surface area contributed by atoms with E-state index in [4.69, 9.17) is 0 Å². The smallest absolute Gasteiger partial charge is 0.00885 e. The van der Waals surface area contributed by atoms with Crippen LogP contribution in [0.25, 0.3) is 0 Å². The summed E-state index contributed by atoms with van der Waals surface area (Å²) in [5, 5.41) is 0. The van der Waals surface area contributed by atoms with Gasteiger partial charge in [0, 0.05) is 16.2 Å². The van der Waals surface area contributed by atoms with Gasteiger partial charge >= 0.3 is 0 Å². The number of hydrogen-bond donors (Lipinski definition) is 0. The standard InChI is InChI=1S/C17H28S/c1-5-7-9-16(10-8-6-2)14(3)13-17-12-11-15(4)18-17/h11-12,16H,3,5-10,13H2,1-2,4H3. The van der Waals surface area contributed by atoms with Crippen molar-refractivity contribution in [3.05, 3.63) is 34.0 Å². The zero-order valence-electron chi connectivity index (χ0n) is 12.3. The van der Waals surface area contributed by atoms with Crippen molar-refractivity contribution in [3.63, 3.8) is 0 Å². The van der Waals surface area contributed by atoms with Gasteiger partial charge in [-0.3, -0.25) is 0 Å². The lowest BCUT2D eigenvalue weighted by atomic mass is 9.87. The number of thiophene rings is 1. The summed E-state index contributed by atoms with van der Waals surface area (Å²) in [6.07, 6.45) is 9.05. The van der Waals surface area contributed by atoms with E-state index in [1.54, 1.807) is 0 Å². The highest BCUT2D eigenvalue weighted by atomic mass is 32.1. The van der Waals surface area contributed by atoms with Crippen LogP contribution in [0.15, 0.2) is 24.3 Å². The predicted octanol–water partition coefficient (Wildman–Crippen LogP) is 6.15. The number of unbranched alkanes of at least 4 members (excludes halogenated alkanes) is 2. The largest absolute Gasteiger partial charge is 0.145 e. The van der Waals surface area contributed by atoms with E-state index in [0.29, 0.717) is 0 Å². The monoisotopic (exact) mass is 264 g/mol. The van der Waals surface area contributed by atoms with Gasteiger partial charge in [-0.2, -0.15) is 0 Å². The minimum absolute atomic E-state index is 0.743. The molecular formula is C17H28S. The average Bonchev–Trinajstić information content (AvgIpc) is 2.75. The summed E-state index contributed by atoms with van der Waals surface area (Å²) < 4.78 is 0. The van der Waals surface area contributed by atoms with E-state index in [-0.39, 0.29) is 0 Å². The third kappa shape index (κ3) is 5.39. The fraction of sp³-hybridized carbons (Fsp3) is 0.647. The Labute approximate surface area is 117 Å². The molecule has 102 valence electrons. The summed E-state index contributed by atoms with van der Waals surface area (Å²) >= 11 is 1.92. The van der Waals surface area contributed by atoms with Crippen molar-refractivity contribution in [2.75, 3.05) is 0 Å². The minimum Gasteiger partial charge on any atom is -0.145 e. The molecule has 0 amide bonds. The summed E-state index contributed by atoms with van der Waals surface area (Å²) in [6.45, 7) is 11.1. The maximum atomic E-state index is 4.37. The number of rotatable bonds is 9. The van der Waals surface area contributed by atoms with Crippen molar-refractivity contribution in [2.45, 2.75) is 65.7 Å². The topological polar surface area (TPSA) is 0 Å². The normalized spacial score (nSPS) is 11.1. The molecule has 0 nitrogen and oxygen atoms in total. The Balaban J connectivity index is 2.51. The highest BCUT2D eigenvalue weighted by Gasteiger charge is 2.13. The number of hydrogen-bond acceptors (Lipinski definition) is 1. The maximum absolute atomic E-state index is 4.37.